The second-order valence-electron chi connectivity index (χ2n) is 1.46. The van der Waals surface area contributed by atoms with Crippen molar-refractivity contribution >= 4 is 12.8 Å². The van der Waals surface area contributed by atoms with Gasteiger partial charge in [0.05, 0.1) is 11.9 Å². The lowest BCUT2D eigenvalue weighted by Gasteiger charge is -1.79. The zero-order valence-corrected chi connectivity index (χ0v) is 5.47. The first-order valence-corrected chi connectivity index (χ1v) is 2.83. The first kappa shape index (κ1) is 5.62. The van der Waals surface area contributed by atoms with Crippen molar-refractivity contribution in [2.24, 2.45) is 0 Å². The second-order valence-corrected chi connectivity index (χ2v) is 1.82. The first-order valence-electron chi connectivity index (χ1n) is 2.43. The quantitative estimate of drug-likeness (QED) is 0.561. The normalized spacial score (nSPS) is 9.75. The van der Waals surface area contributed by atoms with Gasteiger partial charge in [-0.1, -0.05) is 6.92 Å². The van der Waals surface area contributed by atoms with Gasteiger partial charge in [-0.25, -0.2) is 0 Å². The smallest absolute Gasteiger partial charge is 0.0835 e. The van der Waals surface area contributed by atoms with Crippen LogP contribution >= 0.6 is 12.8 Å². The van der Waals surface area contributed by atoms with E-state index in [0.717, 1.165) is 12.1 Å². The first-order chi connectivity index (χ1) is 3.83. The minimum atomic E-state index is 0.917. The zero-order chi connectivity index (χ0) is 5.98. The Hall–Kier alpha value is -0.510. The molecule has 1 aromatic rings. The Kier molecular flexibility index (Phi) is 1.53. The van der Waals surface area contributed by atoms with E-state index >= 15 is 0 Å². The van der Waals surface area contributed by atoms with Crippen LogP contribution in [0.5, 0.6) is 0 Å². The Balaban J connectivity index is 2.84. The maximum Gasteiger partial charge on any atom is 0.0835 e. The van der Waals surface area contributed by atoms with E-state index < -0.39 is 0 Å². The summed E-state index contributed by atoms with van der Waals surface area (Å²) in [6.07, 6.45) is 2.62. The summed E-state index contributed by atoms with van der Waals surface area (Å²) in [5.74, 6) is 0. The fraction of sp³-hybridized carbons (Fsp3) is 0.500. The fourth-order valence-corrected chi connectivity index (χ4v) is 0.613. The molecule has 0 aliphatic rings. The number of nitrogens with zero attached hydrogens (tertiary/aromatic N) is 3. The highest BCUT2D eigenvalue weighted by Gasteiger charge is 1.90. The van der Waals surface area contributed by atoms with Crippen molar-refractivity contribution in [3.63, 3.8) is 0 Å². The van der Waals surface area contributed by atoms with E-state index in [9.17, 15) is 0 Å². The molecule has 0 bridgehead atoms. The average molecular weight is 129 g/mol. The number of aromatic nitrogens is 3. The third-order valence-electron chi connectivity index (χ3n) is 0.890. The number of rotatable bonds is 1. The van der Waals surface area contributed by atoms with E-state index in [1.165, 1.54) is 4.20 Å². The maximum absolute atomic E-state index is 3.90. The molecule has 1 aromatic heterocycles. The lowest BCUT2D eigenvalue weighted by molar-refractivity contribution is 0.850. The van der Waals surface area contributed by atoms with Gasteiger partial charge in [-0.2, -0.15) is 5.10 Å². The number of thiol groups is 1. The fourth-order valence-electron chi connectivity index (χ4n) is 0.447. The molecule has 0 aliphatic heterocycles. The van der Waals surface area contributed by atoms with Crippen molar-refractivity contribution < 1.29 is 0 Å². The Morgan fingerprint density at radius 1 is 1.88 bits per heavy atom. The summed E-state index contributed by atoms with van der Waals surface area (Å²) < 4.78 is 1.26. The van der Waals surface area contributed by atoms with Gasteiger partial charge in [0, 0.05) is 0 Å². The number of hydrogen-bond donors (Lipinski definition) is 1. The lowest BCUT2D eigenvalue weighted by Crippen LogP contribution is -1.85. The van der Waals surface area contributed by atoms with Gasteiger partial charge in [0.25, 0.3) is 0 Å². The average Bonchev–Trinajstić information content (AvgIpc) is 2.14. The van der Waals surface area contributed by atoms with E-state index in [-0.39, 0.29) is 0 Å². The van der Waals surface area contributed by atoms with Crippen LogP contribution in [-0.4, -0.2) is 14.4 Å². The van der Waals surface area contributed by atoms with Crippen molar-refractivity contribution in [2.45, 2.75) is 13.3 Å². The summed E-state index contributed by atoms with van der Waals surface area (Å²) in [5, 5.41) is 7.66. The highest BCUT2D eigenvalue weighted by atomic mass is 32.1. The highest BCUT2D eigenvalue weighted by molar-refractivity contribution is 7.78. The van der Waals surface area contributed by atoms with Crippen LogP contribution in [0.25, 0.3) is 0 Å². The number of aryl methyl sites for hydroxylation is 1. The molecule has 0 saturated heterocycles. The van der Waals surface area contributed by atoms with Crippen molar-refractivity contribution in [2.75, 3.05) is 0 Å². The summed E-state index contributed by atoms with van der Waals surface area (Å²) >= 11 is 3.85. The molecule has 4 heteroatoms. The molecule has 0 aromatic carbocycles. The highest BCUT2D eigenvalue weighted by Crippen LogP contribution is 1.91. The molecule has 1 rings (SSSR count). The second kappa shape index (κ2) is 2.17. The molecule has 0 spiro atoms. The lowest BCUT2D eigenvalue weighted by atomic mass is 10.4. The van der Waals surface area contributed by atoms with E-state index in [1.54, 1.807) is 6.20 Å². The van der Waals surface area contributed by atoms with Crippen LogP contribution < -0.4 is 0 Å². The Morgan fingerprint density at radius 3 is 2.88 bits per heavy atom. The SMILES string of the molecule is CCc1cnn(S)n1. The van der Waals surface area contributed by atoms with Crippen molar-refractivity contribution in [3.05, 3.63) is 11.9 Å². The van der Waals surface area contributed by atoms with E-state index in [1.807, 2.05) is 6.92 Å². The maximum atomic E-state index is 3.90. The topological polar surface area (TPSA) is 30.7 Å². The molecule has 0 aliphatic carbocycles. The molecule has 0 radical (unpaired) electrons. The predicted octanol–water partition coefficient (Wildman–Crippen LogP) is 0.533. The molecule has 8 heavy (non-hydrogen) atoms. The minimum Gasteiger partial charge on any atom is -0.151 e. The van der Waals surface area contributed by atoms with Gasteiger partial charge in [-0.05, 0) is 19.2 Å². The third-order valence-corrected chi connectivity index (χ3v) is 1.08. The summed E-state index contributed by atoms with van der Waals surface area (Å²) in [7, 11) is 0. The molecule has 0 fully saturated rings. The van der Waals surface area contributed by atoms with E-state index in [0.29, 0.717) is 0 Å². The van der Waals surface area contributed by atoms with Crippen molar-refractivity contribution in [1.82, 2.24) is 14.4 Å². The Morgan fingerprint density at radius 2 is 2.62 bits per heavy atom. The van der Waals surface area contributed by atoms with E-state index in [2.05, 4.69) is 23.0 Å². The van der Waals surface area contributed by atoms with Crippen molar-refractivity contribution in [1.29, 1.82) is 0 Å². The molecular weight excluding hydrogens is 122 g/mol. The molecular formula is C4H7N3S. The van der Waals surface area contributed by atoms with Gasteiger partial charge in [0.1, 0.15) is 0 Å². The van der Waals surface area contributed by atoms with Gasteiger partial charge in [-0.15, -0.1) is 9.30 Å². The van der Waals surface area contributed by atoms with Crippen LogP contribution in [0.1, 0.15) is 12.6 Å². The summed E-state index contributed by atoms with van der Waals surface area (Å²) in [5.41, 5.74) is 0.972. The van der Waals surface area contributed by atoms with Gasteiger partial charge in [-0.3, -0.25) is 0 Å². The van der Waals surface area contributed by atoms with Gasteiger partial charge in [0.15, 0.2) is 0 Å². The van der Waals surface area contributed by atoms with Crippen molar-refractivity contribution in [3.8, 4) is 0 Å². The zero-order valence-electron chi connectivity index (χ0n) is 4.57. The van der Waals surface area contributed by atoms with Crippen LogP contribution in [0, 0.1) is 0 Å². The largest absolute Gasteiger partial charge is 0.151 e. The standard InChI is InChI=1S/C4H7N3S/c1-2-4-3-5-7(8)6-4/h3,8H,2H2,1H3. The molecule has 44 valence electrons. The van der Waals surface area contributed by atoms with Gasteiger partial charge < -0.3 is 0 Å². The Bertz CT molecular complexity index is 172. The predicted molar refractivity (Wildman–Crippen MR) is 33.8 cm³/mol. The van der Waals surface area contributed by atoms with E-state index in [4.69, 9.17) is 0 Å². The summed E-state index contributed by atoms with van der Waals surface area (Å²) in [6, 6.07) is 0. The molecule has 0 saturated carbocycles. The molecule has 0 N–H and O–H groups in total. The minimum absolute atomic E-state index is 0.917. The van der Waals surface area contributed by atoms with Crippen LogP contribution in [0.2, 0.25) is 0 Å². The molecule has 1 heterocycles. The number of hydrogen-bond acceptors (Lipinski definition) is 3. The summed E-state index contributed by atoms with van der Waals surface area (Å²) in [4.78, 5) is 0. The van der Waals surface area contributed by atoms with Gasteiger partial charge in [0.2, 0.25) is 0 Å². The molecule has 0 atom stereocenters. The molecule has 0 amide bonds. The van der Waals surface area contributed by atoms with Crippen LogP contribution in [0.3, 0.4) is 0 Å². The summed E-state index contributed by atoms with van der Waals surface area (Å²) in [6.45, 7) is 2.03. The van der Waals surface area contributed by atoms with Crippen LogP contribution in [0.4, 0.5) is 0 Å². The molecule has 0 unspecified atom stereocenters. The molecule has 3 nitrogen and oxygen atoms in total. The third kappa shape index (κ3) is 1.01. The van der Waals surface area contributed by atoms with Gasteiger partial charge >= 0.3 is 0 Å². The van der Waals surface area contributed by atoms with Crippen LogP contribution in [0.15, 0.2) is 6.20 Å². The Labute approximate surface area is 53.2 Å². The monoisotopic (exact) mass is 129 g/mol. The van der Waals surface area contributed by atoms with Crippen LogP contribution in [-0.2, 0) is 6.42 Å².